The van der Waals surface area contributed by atoms with Crippen LogP contribution in [0.1, 0.15) is 31.1 Å². The maximum atomic E-state index is 12.0. The van der Waals surface area contributed by atoms with Gasteiger partial charge in [-0.15, -0.1) is 0 Å². The van der Waals surface area contributed by atoms with E-state index in [-0.39, 0.29) is 18.6 Å². The zero-order valence-corrected chi connectivity index (χ0v) is 14.5. The molecule has 0 saturated carbocycles. The highest BCUT2D eigenvalue weighted by Gasteiger charge is 2.37. The summed E-state index contributed by atoms with van der Waals surface area (Å²) in [4.78, 5) is 43.3. The van der Waals surface area contributed by atoms with Crippen LogP contribution in [0.4, 0.5) is 0 Å². The second-order valence-corrected chi connectivity index (χ2v) is 6.80. The Morgan fingerprint density at radius 3 is 2.81 bits per heavy atom. The van der Waals surface area contributed by atoms with E-state index in [2.05, 4.69) is 21.3 Å². The Balaban J connectivity index is 2.17. The van der Waals surface area contributed by atoms with Crippen molar-refractivity contribution in [2.45, 2.75) is 37.7 Å². The average Bonchev–Trinajstić information content (AvgIpc) is 2.91. The number of nitrogens with one attached hydrogen (secondary N) is 1. The van der Waals surface area contributed by atoms with Crippen molar-refractivity contribution in [1.82, 2.24) is 9.55 Å². The number of hydrogen-bond acceptors (Lipinski definition) is 7. The lowest BCUT2D eigenvalue weighted by atomic mass is 10.2. The first-order valence-corrected chi connectivity index (χ1v) is 9.23. The van der Waals surface area contributed by atoms with Crippen LogP contribution in [0.2, 0.25) is 0 Å². The summed E-state index contributed by atoms with van der Waals surface area (Å²) >= 11 is 0. The summed E-state index contributed by atoms with van der Waals surface area (Å²) in [5, 5.41) is 18.6. The first-order valence-electron chi connectivity index (χ1n) is 7.70. The molecule has 11 nitrogen and oxygen atoms in total. The van der Waals surface area contributed by atoms with Crippen LogP contribution in [0.15, 0.2) is 15.8 Å². The number of unbranched alkanes of at least 4 members (excludes halogenated alkanes) is 1. The van der Waals surface area contributed by atoms with Crippen molar-refractivity contribution >= 4 is 7.82 Å². The van der Waals surface area contributed by atoms with Crippen LogP contribution < -0.4 is 11.2 Å². The molecule has 2 heterocycles. The molecule has 12 heteroatoms. The fraction of sp³-hybridized carbons (Fsp3) is 0.571. The molecule has 0 spiro atoms. The van der Waals surface area contributed by atoms with Crippen molar-refractivity contribution in [2.75, 3.05) is 13.2 Å². The van der Waals surface area contributed by atoms with E-state index in [1.807, 2.05) is 0 Å². The number of aromatic nitrogens is 2. The molecule has 0 unspecified atom stereocenters. The van der Waals surface area contributed by atoms with Crippen LogP contribution in [0.25, 0.3) is 0 Å². The Morgan fingerprint density at radius 1 is 1.42 bits per heavy atom. The van der Waals surface area contributed by atoms with Crippen LogP contribution in [-0.4, -0.2) is 55.0 Å². The quantitative estimate of drug-likeness (QED) is 0.218. The highest BCUT2D eigenvalue weighted by molar-refractivity contribution is 7.46. The van der Waals surface area contributed by atoms with Crippen LogP contribution in [0.5, 0.6) is 0 Å². The first-order chi connectivity index (χ1) is 12.2. The largest absolute Gasteiger partial charge is 0.469 e. The molecule has 2 rings (SSSR count). The SMILES string of the molecule is O=c1[nH]c(=O)n([C@H]2C[C@H](O)[C@@H](COP(=O)(O)O)O2)cc1C#CCCCO. The van der Waals surface area contributed by atoms with Gasteiger partial charge < -0.3 is 24.7 Å². The van der Waals surface area contributed by atoms with Crippen molar-refractivity contribution in [2.24, 2.45) is 0 Å². The van der Waals surface area contributed by atoms with Gasteiger partial charge in [0.05, 0.1) is 12.7 Å². The molecule has 1 aliphatic rings. The van der Waals surface area contributed by atoms with Gasteiger partial charge in [-0.1, -0.05) is 11.8 Å². The second-order valence-electron chi connectivity index (χ2n) is 5.56. The maximum Gasteiger partial charge on any atom is 0.469 e. The molecule has 0 bridgehead atoms. The third-order valence-electron chi connectivity index (χ3n) is 3.57. The monoisotopic (exact) mass is 390 g/mol. The summed E-state index contributed by atoms with van der Waals surface area (Å²) < 4.78 is 21.5. The molecule has 1 fully saturated rings. The Hall–Kier alpha value is -1.77. The highest BCUT2D eigenvalue weighted by Crippen LogP contribution is 2.38. The molecule has 1 aromatic heterocycles. The van der Waals surface area contributed by atoms with Crippen LogP contribution in [0, 0.1) is 11.8 Å². The molecule has 0 amide bonds. The first kappa shape index (κ1) is 20.5. The fourth-order valence-electron chi connectivity index (χ4n) is 2.32. The number of aliphatic hydroxyl groups excluding tert-OH is 2. The van der Waals surface area contributed by atoms with Gasteiger partial charge in [0.2, 0.25) is 0 Å². The standard InChI is InChI=1S/C14H19N2O9P/c17-5-3-1-2-4-9-7-16(14(20)15-13(9)19)12-6-10(18)11(25-12)8-24-26(21,22)23/h7,10-12,17-18H,1,3,5-6,8H2,(H,15,19,20)(H2,21,22,23)/t10-,11+,12+/m0/s1. The van der Waals surface area contributed by atoms with Crippen molar-refractivity contribution < 1.29 is 33.8 Å². The molecule has 3 atom stereocenters. The zero-order valence-electron chi connectivity index (χ0n) is 13.6. The molecule has 144 valence electrons. The summed E-state index contributed by atoms with van der Waals surface area (Å²) in [6.45, 7) is -0.593. The molecule has 1 aromatic rings. The van der Waals surface area contributed by atoms with E-state index < -0.39 is 44.1 Å². The summed E-state index contributed by atoms with van der Waals surface area (Å²) in [7, 11) is -4.72. The lowest BCUT2D eigenvalue weighted by molar-refractivity contribution is -0.0451. The summed E-state index contributed by atoms with van der Waals surface area (Å²) in [5.41, 5.74) is -1.44. The van der Waals surface area contributed by atoms with Crippen molar-refractivity contribution in [3.63, 3.8) is 0 Å². The van der Waals surface area contributed by atoms with Gasteiger partial charge >= 0.3 is 13.5 Å². The van der Waals surface area contributed by atoms with Gasteiger partial charge in [-0.3, -0.25) is 18.9 Å². The van der Waals surface area contributed by atoms with E-state index in [4.69, 9.17) is 19.6 Å². The molecule has 0 radical (unpaired) electrons. The van der Waals surface area contributed by atoms with E-state index in [0.29, 0.717) is 12.8 Å². The number of aliphatic hydroxyl groups is 2. The maximum absolute atomic E-state index is 12.0. The topological polar surface area (TPSA) is 171 Å². The smallest absolute Gasteiger partial charge is 0.396 e. The number of aromatic amines is 1. The van der Waals surface area contributed by atoms with Crippen molar-refractivity contribution in [1.29, 1.82) is 0 Å². The summed E-state index contributed by atoms with van der Waals surface area (Å²) in [6, 6.07) is 0. The van der Waals surface area contributed by atoms with Gasteiger partial charge in [-0.2, -0.15) is 0 Å². The number of nitrogens with zero attached hydrogens (tertiary/aromatic N) is 1. The summed E-state index contributed by atoms with van der Waals surface area (Å²) in [5.74, 6) is 5.29. The Labute approximate surface area is 147 Å². The predicted octanol–water partition coefficient (Wildman–Crippen LogP) is -1.58. The lowest BCUT2D eigenvalue weighted by Crippen LogP contribution is -2.33. The minimum atomic E-state index is -4.72. The van der Waals surface area contributed by atoms with Crippen LogP contribution in [-0.2, 0) is 13.8 Å². The summed E-state index contributed by atoms with van der Waals surface area (Å²) in [6.07, 6.45) is -1.17. The third kappa shape index (κ3) is 5.62. The Bertz CT molecular complexity index is 846. The fourth-order valence-corrected chi connectivity index (χ4v) is 2.66. The minimum Gasteiger partial charge on any atom is -0.396 e. The number of H-pyrrole nitrogens is 1. The molecule has 0 aromatic carbocycles. The second kappa shape index (κ2) is 8.75. The van der Waals surface area contributed by atoms with E-state index >= 15 is 0 Å². The predicted molar refractivity (Wildman–Crippen MR) is 87.1 cm³/mol. The van der Waals surface area contributed by atoms with Crippen LogP contribution >= 0.6 is 7.82 Å². The Kier molecular flexibility index (Phi) is 6.91. The van der Waals surface area contributed by atoms with Gasteiger partial charge in [-0.05, 0) is 6.42 Å². The van der Waals surface area contributed by atoms with Gasteiger partial charge in [0.25, 0.3) is 5.56 Å². The molecule has 5 N–H and O–H groups in total. The van der Waals surface area contributed by atoms with Gasteiger partial charge in [-0.25, -0.2) is 9.36 Å². The third-order valence-corrected chi connectivity index (χ3v) is 4.06. The van der Waals surface area contributed by atoms with Gasteiger partial charge in [0.15, 0.2) is 0 Å². The molecular formula is C14H19N2O9P. The zero-order chi connectivity index (χ0) is 19.3. The van der Waals surface area contributed by atoms with Crippen LogP contribution in [0.3, 0.4) is 0 Å². The van der Waals surface area contributed by atoms with E-state index in [1.165, 1.54) is 6.20 Å². The lowest BCUT2D eigenvalue weighted by Gasteiger charge is -2.16. The molecule has 0 aliphatic carbocycles. The molecule has 26 heavy (non-hydrogen) atoms. The van der Waals surface area contributed by atoms with Gasteiger partial charge in [0.1, 0.15) is 17.9 Å². The minimum absolute atomic E-state index is 0.00977. The van der Waals surface area contributed by atoms with E-state index in [0.717, 1.165) is 4.57 Å². The van der Waals surface area contributed by atoms with Crippen molar-refractivity contribution in [3.8, 4) is 11.8 Å². The normalized spacial score (nSPS) is 22.8. The average molecular weight is 390 g/mol. The highest BCUT2D eigenvalue weighted by atomic mass is 31.2. The van der Waals surface area contributed by atoms with E-state index in [1.54, 1.807) is 0 Å². The molecular weight excluding hydrogens is 371 g/mol. The van der Waals surface area contributed by atoms with E-state index in [9.17, 15) is 19.3 Å². The number of ether oxygens (including phenoxy) is 1. The van der Waals surface area contributed by atoms with Gasteiger partial charge in [0, 0.05) is 25.6 Å². The molecule has 1 saturated heterocycles. The number of rotatable bonds is 6. The molecule has 1 aliphatic heterocycles. The Morgan fingerprint density at radius 2 is 2.15 bits per heavy atom. The number of phosphoric ester groups is 1. The number of hydrogen-bond donors (Lipinski definition) is 5. The van der Waals surface area contributed by atoms with Crippen molar-refractivity contribution in [3.05, 3.63) is 32.6 Å². The number of phosphoric acid groups is 1.